The van der Waals surface area contributed by atoms with Crippen LogP contribution in [0.5, 0.6) is 0 Å². The standard InChI is InChI=1S/C9H19OSi.Li/c1-7-8-10-11(5,6)9(2,3)4;/h7-8H,1H2,2-6H3;/q-1;+1. The fraction of sp³-hybridized carbons (Fsp3) is 0.667. The first-order chi connectivity index (χ1) is 4.81. The zero-order chi connectivity index (χ0) is 9.12. The van der Waals surface area contributed by atoms with E-state index >= 15 is 0 Å². The van der Waals surface area contributed by atoms with Gasteiger partial charge >= 0.3 is 18.9 Å². The van der Waals surface area contributed by atoms with Crippen molar-refractivity contribution in [2.45, 2.75) is 38.9 Å². The molecule has 0 amide bonds. The largest absolute Gasteiger partial charge is 1.00 e. The van der Waals surface area contributed by atoms with Crippen LogP contribution in [0.25, 0.3) is 0 Å². The average molecular weight is 178 g/mol. The molecule has 0 fully saturated rings. The molecule has 0 N–H and O–H groups in total. The Morgan fingerprint density at radius 2 is 1.67 bits per heavy atom. The molecule has 0 atom stereocenters. The first-order valence-electron chi connectivity index (χ1n) is 3.93. The minimum atomic E-state index is -1.55. The zero-order valence-electron chi connectivity index (χ0n) is 9.27. The second kappa shape index (κ2) is 5.06. The fourth-order valence-corrected chi connectivity index (χ4v) is 1.18. The second-order valence-electron chi connectivity index (χ2n) is 4.25. The van der Waals surface area contributed by atoms with Crippen LogP contribution in [-0.2, 0) is 4.43 Å². The van der Waals surface area contributed by atoms with Crippen molar-refractivity contribution in [3.63, 3.8) is 0 Å². The molecule has 0 radical (unpaired) electrons. The minimum absolute atomic E-state index is 0. The van der Waals surface area contributed by atoms with Gasteiger partial charge in [0, 0.05) is 0 Å². The summed E-state index contributed by atoms with van der Waals surface area (Å²) >= 11 is 0. The maximum atomic E-state index is 5.64. The molecule has 0 aromatic rings. The first kappa shape index (κ1) is 14.7. The Morgan fingerprint density at radius 3 is 1.92 bits per heavy atom. The molecule has 1 nitrogen and oxygen atoms in total. The number of hydrogen-bond acceptors (Lipinski definition) is 1. The van der Waals surface area contributed by atoms with Gasteiger partial charge in [0.2, 0.25) is 8.32 Å². The van der Waals surface area contributed by atoms with E-state index in [-0.39, 0.29) is 23.9 Å². The van der Waals surface area contributed by atoms with Crippen LogP contribution in [0.2, 0.25) is 18.1 Å². The van der Waals surface area contributed by atoms with Crippen molar-refractivity contribution in [3.05, 3.63) is 19.3 Å². The maximum absolute atomic E-state index is 5.64. The van der Waals surface area contributed by atoms with Gasteiger partial charge in [-0.2, -0.15) is 6.08 Å². The molecular weight excluding hydrogens is 159 g/mol. The van der Waals surface area contributed by atoms with Crippen LogP contribution in [0.1, 0.15) is 20.8 Å². The Kier molecular flexibility index (Phi) is 6.22. The second-order valence-corrected chi connectivity index (χ2v) is 9.01. The molecule has 66 valence electrons. The summed E-state index contributed by atoms with van der Waals surface area (Å²) in [6.07, 6.45) is 3.40. The first-order valence-corrected chi connectivity index (χ1v) is 6.84. The Labute approximate surface area is 89.9 Å². The van der Waals surface area contributed by atoms with Crippen LogP contribution in [-0.4, -0.2) is 8.32 Å². The van der Waals surface area contributed by atoms with Crippen molar-refractivity contribution in [1.29, 1.82) is 0 Å². The third-order valence-electron chi connectivity index (χ3n) is 2.27. The monoisotopic (exact) mass is 178 g/mol. The van der Waals surface area contributed by atoms with E-state index < -0.39 is 8.32 Å². The van der Waals surface area contributed by atoms with E-state index in [0.29, 0.717) is 0 Å². The van der Waals surface area contributed by atoms with E-state index in [9.17, 15) is 0 Å². The number of hydrogen-bond donors (Lipinski definition) is 0. The quantitative estimate of drug-likeness (QED) is 0.337. The molecule has 12 heavy (non-hydrogen) atoms. The molecule has 0 spiro atoms. The van der Waals surface area contributed by atoms with Crippen molar-refractivity contribution >= 4 is 8.32 Å². The van der Waals surface area contributed by atoms with Gasteiger partial charge in [-0.05, 0) is 18.1 Å². The van der Waals surface area contributed by atoms with Crippen LogP contribution in [0.15, 0.2) is 12.3 Å². The molecule has 0 aliphatic heterocycles. The van der Waals surface area contributed by atoms with Crippen molar-refractivity contribution in [3.8, 4) is 0 Å². The van der Waals surface area contributed by atoms with Crippen LogP contribution in [0, 0.1) is 6.92 Å². The molecule has 0 aliphatic rings. The van der Waals surface area contributed by atoms with E-state index in [2.05, 4.69) is 40.8 Å². The zero-order valence-corrected chi connectivity index (χ0v) is 10.3. The number of allylic oxidation sites excluding steroid dienone is 1. The third-order valence-corrected chi connectivity index (χ3v) is 6.60. The van der Waals surface area contributed by atoms with Gasteiger partial charge < -0.3 is 4.43 Å². The molecular formula is C9H19LiOSi. The third kappa shape index (κ3) is 4.30. The molecule has 3 heteroatoms. The van der Waals surface area contributed by atoms with Crippen molar-refractivity contribution in [2.24, 2.45) is 0 Å². The molecule has 0 heterocycles. The Morgan fingerprint density at radius 1 is 1.25 bits per heavy atom. The smallest absolute Gasteiger partial charge is 0.637 e. The summed E-state index contributed by atoms with van der Waals surface area (Å²) in [6.45, 7) is 14.7. The average Bonchev–Trinajstić information content (AvgIpc) is 1.81. The van der Waals surface area contributed by atoms with Gasteiger partial charge in [-0.25, -0.2) is 6.92 Å². The minimum Gasteiger partial charge on any atom is -0.637 e. The van der Waals surface area contributed by atoms with Gasteiger partial charge in [0.25, 0.3) is 0 Å². The molecule has 0 aliphatic carbocycles. The van der Waals surface area contributed by atoms with E-state index in [0.717, 1.165) is 0 Å². The van der Waals surface area contributed by atoms with Crippen LogP contribution < -0.4 is 18.9 Å². The fourth-order valence-electron chi connectivity index (χ4n) is 0.395. The summed E-state index contributed by atoms with van der Waals surface area (Å²) in [4.78, 5) is 0. The molecule has 0 bridgehead atoms. The van der Waals surface area contributed by atoms with Crippen LogP contribution in [0.4, 0.5) is 0 Å². The normalized spacial score (nSPS) is 12.8. The van der Waals surface area contributed by atoms with Crippen LogP contribution in [0.3, 0.4) is 0 Å². The summed E-state index contributed by atoms with van der Waals surface area (Å²) < 4.78 is 5.64. The Balaban J connectivity index is 0. The van der Waals surface area contributed by atoms with Crippen molar-refractivity contribution in [2.75, 3.05) is 0 Å². The van der Waals surface area contributed by atoms with Gasteiger partial charge in [0.15, 0.2) is 0 Å². The van der Waals surface area contributed by atoms with Gasteiger partial charge in [0.1, 0.15) is 0 Å². The van der Waals surface area contributed by atoms with Gasteiger partial charge in [0.05, 0.1) is 0 Å². The van der Waals surface area contributed by atoms with E-state index in [1.807, 2.05) is 0 Å². The predicted octanol–water partition coefficient (Wildman–Crippen LogP) is 0.360. The summed E-state index contributed by atoms with van der Waals surface area (Å²) in [5, 5.41) is 0.284. The SMILES string of the molecule is [CH2-]C=CO[Si](C)(C)C(C)(C)C.[Li+]. The summed E-state index contributed by atoms with van der Waals surface area (Å²) in [5.41, 5.74) is 0. The van der Waals surface area contributed by atoms with Gasteiger partial charge in [-0.15, -0.1) is 0 Å². The molecule has 0 aromatic heterocycles. The predicted molar refractivity (Wildman–Crippen MR) is 52.8 cm³/mol. The van der Waals surface area contributed by atoms with E-state index in [4.69, 9.17) is 4.43 Å². The topological polar surface area (TPSA) is 9.23 Å². The molecule has 0 rings (SSSR count). The summed E-state index contributed by atoms with van der Waals surface area (Å²) in [5.74, 6) is 0. The summed E-state index contributed by atoms with van der Waals surface area (Å²) in [6, 6.07) is 0. The van der Waals surface area contributed by atoms with E-state index in [1.165, 1.54) is 0 Å². The number of rotatable bonds is 2. The molecule has 0 saturated carbocycles. The van der Waals surface area contributed by atoms with Gasteiger partial charge in [-0.1, -0.05) is 27.0 Å². The van der Waals surface area contributed by atoms with Gasteiger partial charge in [-0.3, -0.25) is 0 Å². The van der Waals surface area contributed by atoms with Crippen LogP contribution >= 0.6 is 0 Å². The Hall–Kier alpha value is 0.224. The molecule has 0 aromatic carbocycles. The molecule has 0 saturated heterocycles. The van der Waals surface area contributed by atoms with Crippen molar-refractivity contribution in [1.82, 2.24) is 0 Å². The Bertz CT molecular complexity index is 147. The molecule has 0 unspecified atom stereocenters. The maximum Gasteiger partial charge on any atom is 1.00 e. The van der Waals surface area contributed by atoms with Crippen molar-refractivity contribution < 1.29 is 23.3 Å². The van der Waals surface area contributed by atoms with E-state index in [1.54, 1.807) is 12.3 Å². The summed E-state index contributed by atoms with van der Waals surface area (Å²) in [7, 11) is -1.55.